The number of para-hydroxylation sites is 1. The normalized spacial score (nSPS) is 24.8. The standard InChI is InChI=1S/C14H19N3O3/c1-2-20-13-5-3-4-12(14(13)17(18)19)16-8-10-6-15-7-11(10)9-16/h3-5,10-11,15H,2,6-9H2,1H3/t10-,11+. The lowest BCUT2D eigenvalue weighted by Gasteiger charge is -2.20. The molecule has 2 heterocycles. The summed E-state index contributed by atoms with van der Waals surface area (Å²) in [5.41, 5.74) is 0.789. The molecule has 2 fully saturated rings. The van der Waals surface area contributed by atoms with E-state index in [9.17, 15) is 10.1 Å². The molecule has 6 nitrogen and oxygen atoms in total. The van der Waals surface area contributed by atoms with Crippen LogP contribution < -0.4 is 15.0 Å². The third-order valence-corrected chi connectivity index (χ3v) is 4.19. The molecule has 20 heavy (non-hydrogen) atoms. The number of ether oxygens (including phenoxy) is 1. The van der Waals surface area contributed by atoms with Crippen molar-refractivity contribution < 1.29 is 9.66 Å². The zero-order valence-corrected chi connectivity index (χ0v) is 11.5. The Morgan fingerprint density at radius 2 is 2.10 bits per heavy atom. The highest BCUT2D eigenvalue weighted by Crippen LogP contribution is 2.40. The van der Waals surface area contributed by atoms with Gasteiger partial charge in [-0.2, -0.15) is 0 Å². The van der Waals surface area contributed by atoms with Gasteiger partial charge in [0, 0.05) is 26.2 Å². The highest BCUT2D eigenvalue weighted by molar-refractivity contribution is 5.70. The van der Waals surface area contributed by atoms with E-state index >= 15 is 0 Å². The first-order valence-corrected chi connectivity index (χ1v) is 7.06. The van der Waals surface area contributed by atoms with Crippen LogP contribution in [0.2, 0.25) is 0 Å². The van der Waals surface area contributed by atoms with Crippen LogP contribution in [-0.2, 0) is 0 Å². The molecule has 0 bridgehead atoms. The maximum absolute atomic E-state index is 11.4. The third kappa shape index (κ3) is 2.20. The molecule has 0 aromatic heterocycles. The Kier molecular flexibility index (Phi) is 3.48. The first kappa shape index (κ1) is 13.2. The molecule has 0 radical (unpaired) electrons. The highest BCUT2D eigenvalue weighted by Gasteiger charge is 2.38. The Bertz CT molecular complexity index is 508. The summed E-state index contributed by atoms with van der Waals surface area (Å²) in [6.07, 6.45) is 0. The van der Waals surface area contributed by atoms with Crippen molar-refractivity contribution in [2.45, 2.75) is 6.92 Å². The smallest absolute Gasteiger partial charge is 0.333 e. The van der Waals surface area contributed by atoms with Crippen molar-refractivity contribution in [3.8, 4) is 5.75 Å². The van der Waals surface area contributed by atoms with E-state index in [2.05, 4.69) is 10.2 Å². The summed E-state index contributed by atoms with van der Waals surface area (Å²) in [5, 5.41) is 14.8. The first-order chi connectivity index (χ1) is 9.70. The van der Waals surface area contributed by atoms with Gasteiger partial charge in [0.15, 0.2) is 5.75 Å². The van der Waals surface area contributed by atoms with Gasteiger partial charge in [-0.15, -0.1) is 0 Å². The predicted octanol–water partition coefficient (Wildman–Crippen LogP) is 1.65. The number of nitrogens with one attached hydrogen (secondary N) is 1. The Balaban J connectivity index is 1.93. The van der Waals surface area contributed by atoms with E-state index in [4.69, 9.17) is 4.74 Å². The number of hydrogen-bond acceptors (Lipinski definition) is 5. The van der Waals surface area contributed by atoms with Gasteiger partial charge in [-0.25, -0.2) is 0 Å². The molecule has 2 aliphatic rings. The summed E-state index contributed by atoms with van der Waals surface area (Å²) < 4.78 is 5.41. The van der Waals surface area contributed by atoms with E-state index in [0.29, 0.717) is 29.9 Å². The molecular weight excluding hydrogens is 258 g/mol. The molecule has 2 atom stereocenters. The number of benzene rings is 1. The summed E-state index contributed by atoms with van der Waals surface area (Å²) in [5.74, 6) is 1.57. The lowest BCUT2D eigenvalue weighted by molar-refractivity contribution is -0.385. The molecule has 108 valence electrons. The minimum atomic E-state index is -0.327. The zero-order chi connectivity index (χ0) is 14.1. The van der Waals surface area contributed by atoms with Crippen molar-refractivity contribution in [3.05, 3.63) is 28.3 Å². The number of nitrogens with zero attached hydrogens (tertiary/aromatic N) is 2. The van der Waals surface area contributed by atoms with Gasteiger partial charge in [0.1, 0.15) is 5.69 Å². The summed E-state index contributed by atoms with van der Waals surface area (Å²) in [6, 6.07) is 5.33. The lowest BCUT2D eigenvalue weighted by atomic mass is 10.0. The monoisotopic (exact) mass is 277 g/mol. The summed E-state index contributed by atoms with van der Waals surface area (Å²) in [4.78, 5) is 13.2. The van der Waals surface area contributed by atoms with E-state index < -0.39 is 0 Å². The highest BCUT2D eigenvalue weighted by atomic mass is 16.6. The van der Waals surface area contributed by atoms with Crippen LogP contribution in [0.4, 0.5) is 11.4 Å². The Hall–Kier alpha value is -1.82. The van der Waals surface area contributed by atoms with Crippen molar-refractivity contribution >= 4 is 11.4 Å². The molecule has 0 aliphatic carbocycles. The van der Waals surface area contributed by atoms with Crippen LogP contribution in [-0.4, -0.2) is 37.7 Å². The topological polar surface area (TPSA) is 67.6 Å². The molecule has 6 heteroatoms. The summed E-state index contributed by atoms with van der Waals surface area (Å²) in [6.45, 7) is 6.06. The van der Waals surface area contributed by atoms with Crippen LogP contribution in [0.1, 0.15) is 6.92 Å². The molecule has 2 aliphatic heterocycles. The summed E-state index contributed by atoms with van der Waals surface area (Å²) in [7, 11) is 0. The number of nitro benzene ring substituents is 1. The second-order valence-electron chi connectivity index (χ2n) is 5.40. The number of nitro groups is 1. The lowest BCUT2D eigenvalue weighted by Crippen LogP contribution is -2.26. The van der Waals surface area contributed by atoms with Crippen molar-refractivity contribution in [3.63, 3.8) is 0 Å². The van der Waals surface area contributed by atoms with Gasteiger partial charge in [0.05, 0.1) is 11.5 Å². The molecule has 1 aromatic rings. The SMILES string of the molecule is CCOc1cccc(N2C[C@H]3CNC[C@H]3C2)c1[N+](=O)[O-]. The number of fused-ring (bicyclic) bond motifs is 1. The fourth-order valence-electron chi connectivity index (χ4n) is 3.27. The van der Waals surface area contributed by atoms with Gasteiger partial charge in [-0.05, 0) is 30.9 Å². The van der Waals surface area contributed by atoms with Crippen molar-refractivity contribution in [1.82, 2.24) is 5.32 Å². The van der Waals surface area contributed by atoms with E-state index in [1.807, 2.05) is 19.1 Å². The molecule has 0 amide bonds. The maximum Gasteiger partial charge on any atom is 0.333 e. The maximum atomic E-state index is 11.4. The predicted molar refractivity (Wildman–Crippen MR) is 76.3 cm³/mol. The fraction of sp³-hybridized carbons (Fsp3) is 0.571. The molecule has 0 saturated carbocycles. The first-order valence-electron chi connectivity index (χ1n) is 7.06. The minimum absolute atomic E-state index is 0.0993. The molecule has 0 spiro atoms. The van der Waals surface area contributed by atoms with Gasteiger partial charge < -0.3 is 15.0 Å². The third-order valence-electron chi connectivity index (χ3n) is 4.19. The van der Waals surface area contributed by atoms with Crippen LogP contribution in [0.3, 0.4) is 0 Å². The Morgan fingerprint density at radius 1 is 1.40 bits per heavy atom. The van der Waals surface area contributed by atoms with E-state index in [0.717, 1.165) is 26.2 Å². The van der Waals surface area contributed by atoms with Gasteiger partial charge in [0.25, 0.3) is 0 Å². The average Bonchev–Trinajstić information content (AvgIpc) is 2.99. The zero-order valence-electron chi connectivity index (χ0n) is 11.5. The van der Waals surface area contributed by atoms with Crippen LogP contribution in [0.5, 0.6) is 5.75 Å². The minimum Gasteiger partial charge on any atom is -0.487 e. The molecule has 1 aromatic carbocycles. The molecular formula is C14H19N3O3. The average molecular weight is 277 g/mol. The number of anilines is 1. The second kappa shape index (κ2) is 5.28. The van der Waals surface area contributed by atoms with E-state index in [1.54, 1.807) is 6.07 Å². The quantitative estimate of drug-likeness (QED) is 0.669. The largest absolute Gasteiger partial charge is 0.487 e. The van der Waals surface area contributed by atoms with Crippen molar-refractivity contribution in [2.75, 3.05) is 37.7 Å². The van der Waals surface area contributed by atoms with Crippen LogP contribution in [0, 0.1) is 22.0 Å². The van der Waals surface area contributed by atoms with Gasteiger partial charge in [-0.3, -0.25) is 10.1 Å². The van der Waals surface area contributed by atoms with Crippen LogP contribution >= 0.6 is 0 Å². The van der Waals surface area contributed by atoms with Gasteiger partial charge in [-0.1, -0.05) is 6.07 Å². The molecule has 0 unspecified atom stereocenters. The molecule has 1 N–H and O–H groups in total. The van der Waals surface area contributed by atoms with E-state index in [-0.39, 0.29) is 10.6 Å². The van der Waals surface area contributed by atoms with Gasteiger partial charge >= 0.3 is 5.69 Å². The van der Waals surface area contributed by atoms with Crippen molar-refractivity contribution in [1.29, 1.82) is 0 Å². The Labute approximate surface area is 117 Å². The van der Waals surface area contributed by atoms with Crippen molar-refractivity contribution in [2.24, 2.45) is 11.8 Å². The number of hydrogen-bond donors (Lipinski definition) is 1. The second-order valence-corrected chi connectivity index (χ2v) is 5.40. The van der Waals surface area contributed by atoms with Crippen LogP contribution in [0.25, 0.3) is 0 Å². The molecule has 3 rings (SSSR count). The van der Waals surface area contributed by atoms with Crippen LogP contribution in [0.15, 0.2) is 18.2 Å². The van der Waals surface area contributed by atoms with Gasteiger partial charge in [0.2, 0.25) is 0 Å². The summed E-state index contributed by atoms with van der Waals surface area (Å²) >= 11 is 0. The Morgan fingerprint density at radius 3 is 2.70 bits per heavy atom. The van der Waals surface area contributed by atoms with E-state index in [1.165, 1.54) is 0 Å². The number of rotatable bonds is 4. The molecule has 2 saturated heterocycles. The fourth-order valence-corrected chi connectivity index (χ4v) is 3.27.